The highest BCUT2D eigenvalue weighted by Crippen LogP contribution is 2.28. The van der Waals surface area contributed by atoms with Crippen molar-refractivity contribution in [3.05, 3.63) is 52.8 Å². The minimum atomic E-state index is -3.60. The van der Waals surface area contributed by atoms with E-state index in [1.54, 1.807) is 18.2 Å². The average molecular weight is 374 g/mol. The Balaban J connectivity index is 2.05. The number of ether oxygens (including phenoxy) is 2. The maximum absolute atomic E-state index is 13.1. The van der Waals surface area contributed by atoms with Crippen LogP contribution in [0, 0.1) is 5.82 Å². The molecule has 0 amide bonds. The number of anilines is 1. The van der Waals surface area contributed by atoms with Crippen LogP contribution < -0.4 is 14.2 Å². The number of hydrogen-bond donors (Lipinski definition) is 1. The number of benzene rings is 2. The first-order valence-electron chi connectivity index (χ1n) is 7.01. The van der Waals surface area contributed by atoms with Crippen LogP contribution in [0.25, 0.3) is 0 Å². The Bertz CT molecular complexity index is 827. The first-order chi connectivity index (χ1) is 11.3. The molecule has 5 nitrogen and oxygen atoms in total. The molecule has 0 bridgehead atoms. The number of sulfonamides is 1. The van der Waals surface area contributed by atoms with Crippen molar-refractivity contribution in [1.29, 1.82) is 0 Å². The Morgan fingerprint density at radius 3 is 2.42 bits per heavy atom. The number of halogens is 2. The summed E-state index contributed by atoms with van der Waals surface area (Å²) in [6.07, 6.45) is 0.282. The van der Waals surface area contributed by atoms with Gasteiger partial charge in [-0.1, -0.05) is 17.7 Å². The first kappa shape index (κ1) is 18.4. The van der Waals surface area contributed by atoms with Crippen molar-refractivity contribution in [3.63, 3.8) is 0 Å². The second kappa shape index (κ2) is 7.72. The average Bonchev–Trinajstić information content (AvgIpc) is 2.56. The van der Waals surface area contributed by atoms with Crippen LogP contribution in [-0.4, -0.2) is 28.4 Å². The molecule has 0 aromatic heterocycles. The van der Waals surface area contributed by atoms with E-state index in [-0.39, 0.29) is 22.9 Å². The van der Waals surface area contributed by atoms with Gasteiger partial charge in [0.25, 0.3) is 0 Å². The van der Waals surface area contributed by atoms with Gasteiger partial charge in [-0.15, -0.1) is 0 Å². The normalized spacial score (nSPS) is 11.2. The van der Waals surface area contributed by atoms with E-state index in [2.05, 4.69) is 4.72 Å². The third kappa shape index (κ3) is 4.75. The standard InChI is InChI=1S/C16H17ClFNO4S/c1-22-15-6-3-11(9-16(15)23-2)7-8-24(20,21)19-12-4-5-14(18)13(17)10-12/h3-6,9-10,19H,7-8H2,1-2H3. The van der Waals surface area contributed by atoms with E-state index in [0.29, 0.717) is 11.5 Å². The van der Waals surface area contributed by atoms with Gasteiger partial charge in [-0.3, -0.25) is 4.72 Å². The molecule has 0 aliphatic heterocycles. The predicted molar refractivity (Wildman–Crippen MR) is 92.1 cm³/mol. The van der Waals surface area contributed by atoms with Crippen LogP contribution >= 0.6 is 11.6 Å². The highest BCUT2D eigenvalue weighted by Gasteiger charge is 2.13. The molecule has 0 aliphatic carbocycles. The number of nitrogens with one attached hydrogen (secondary N) is 1. The van der Waals surface area contributed by atoms with Gasteiger partial charge in [0.1, 0.15) is 5.82 Å². The van der Waals surface area contributed by atoms with Crippen LogP contribution in [0.15, 0.2) is 36.4 Å². The maximum atomic E-state index is 13.1. The molecular weight excluding hydrogens is 357 g/mol. The number of rotatable bonds is 7. The lowest BCUT2D eigenvalue weighted by atomic mass is 10.1. The fourth-order valence-corrected chi connectivity index (χ4v) is 3.35. The molecule has 0 saturated heterocycles. The highest BCUT2D eigenvalue weighted by atomic mass is 35.5. The van der Waals surface area contributed by atoms with Gasteiger partial charge in [0, 0.05) is 0 Å². The summed E-state index contributed by atoms with van der Waals surface area (Å²) in [6, 6.07) is 8.86. The van der Waals surface area contributed by atoms with E-state index in [1.807, 2.05) is 0 Å². The largest absolute Gasteiger partial charge is 0.493 e. The lowest BCUT2D eigenvalue weighted by Gasteiger charge is -2.11. The Morgan fingerprint density at radius 2 is 1.79 bits per heavy atom. The summed E-state index contributed by atoms with van der Waals surface area (Å²) in [5.74, 6) is 0.358. The summed E-state index contributed by atoms with van der Waals surface area (Å²) in [6.45, 7) is 0. The zero-order chi connectivity index (χ0) is 17.7. The van der Waals surface area contributed by atoms with Gasteiger partial charge in [-0.25, -0.2) is 12.8 Å². The summed E-state index contributed by atoms with van der Waals surface area (Å²) in [5, 5.41) is -0.143. The molecule has 130 valence electrons. The lowest BCUT2D eigenvalue weighted by Crippen LogP contribution is -2.18. The Hall–Kier alpha value is -1.99. The zero-order valence-electron chi connectivity index (χ0n) is 13.2. The molecule has 2 rings (SSSR count). The zero-order valence-corrected chi connectivity index (χ0v) is 14.7. The van der Waals surface area contributed by atoms with Crippen LogP contribution in [0.1, 0.15) is 5.56 Å². The summed E-state index contributed by atoms with van der Waals surface area (Å²) in [5.41, 5.74) is 1.00. The van der Waals surface area contributed by atoms with Crippen LogP contribution in [0.2, 0.25) is 5.02 Å². The van der Waals surface area contributed by atoms with Crippen LogP contribution in [-0.2, 0) is 16.4 Å². The summed E-state index contributed by atoms with van der Waals surface area (Å²) < 4.78 is 50.1. The molecular formula is C16H17ClFNO4S. The first-order valence-corrected chi connectivity index (χ1v) is 9.04. The van der Waals surface area contributed by atoms with E-state index in [1.165, 1.54) is 26.4 Å². The van der Waals surface area contributed by atoms with Gasteiger partial charge >= 0.3 is 0 Å². The molecule has 1 N–H and O–H groups in total. The van der Waals surface area contributed by atoms with Gasteiger partial charge in [0.05, 0.1) is 30.7 Å². The molecule has 0 radical (unpaired) electrons. The molecule has 2 aromatic carbocycles. The fraction of sp³-hybridized carbons (Fsp3) is 0.250. The molecule has 0 aliphatic rings. The third-order valence-corrected chi connectivity index (χ3v) is 4.88. The van der Waals surface area contributed by atoms with Crippen molar-refractivity contribution in [2.24, 2.45) is 0 Å². The van der Waals surface area contributed by atoms with E-state index in [0.717, 1.165) is 11.6 Å². The summed E-state index contributed by atoms with van der Waals surface area (Å²) in [7, 11) is -0.561. The molecule has 0 unspecified atom stereocenters. The van der Waals surface area contributed by atoms with E-state index < -0.39 is 15.8 Å². The minimum Gasteiger partial charge on any atom is -0.493 e. The smallest absolute Gasteiger partial charge is 0.233 e. The summed E-state index contributed by atoms with van der Waals surface area (Å²) in [4.78, 5) is 0. The third-order valence-electron chi connectivity index (χ3n) is 3.30. The highest BCUT2D eigenvalue weighted by molar-refractivity contribution is 7.92. The fourth-order valence-electron chi connectivity index (χ4n) is 2.08. The predicted octanol–water partition coefficient (Wildman–Crippen LogP) is 3.48. The van der Waals surface area contributed by atoms with Crippen LogP contribution in [0.5, 0.6) is 11.5 Å². The topological polar surface area (TPSA) is 64.6 Å². The van der Waals surface area contributed by atoms with Gasteiger partial charge in [-0.2, -0.15) is 0 Å². The Kier molecular flexibility index (Phi) is 5.90. The van der Waals surface area contributed by atoms with E-state index >= 15 is 0 Å². The minimum absolute atomic E-state index is 0.141. The van der Waals surface area contributed by atoms with Gasteiger partial charge < -0.3 is 9.47 Å². The van der Waals surface area contributed by atoms with E-state index in [9.17, 15) is 12.8 Å². The molecule has 0 atom stereocenters. The molecule has 0 saturated carbocycles. The van der Waals surface area contributed by atoms with Gasteiger partial charge in [-0.05, 0) is 42.3 Å². The van der Waals surface area contributed by atoms with Crippen LogP contribution in [0.3, 0.4) is 0 Å². The number of methoxy groups -OCH3 is 2. The molecule has 24 heavy (non-hydrogen) atoms. The van der Waals surface area contributed by atoms with E-state index in [4.69, 9.17) is 21.1 Å². The molecule has 2 aromatic rings. The quantitative estimate of drug-likeness (QED) is 0.807. The Labute approximate surface area is 145 Å². The van der Waals surface area contributed by atoms with Gasteiger partial charge in [0.2, 0.25) is 10.0 Å². The molecule has 0 fully saturated rings. The SMILES string of the molecule is COc1ccc(CCS(=O)(=O)Nc2ccc(F)c(Cl)c2)cc1OC. The summed E-state index contributed by atoms with van der Waals surface area (Å²) >= 11 is 5.64. The van der Waals surface area contributed by atoms with Crippen molar-refractivity contribution >= 4 is 27.3 Å². The number of hydrogen-bond acceptors (Lipinski definition) is 4. The second-order valence-electron chi connectivity index (χ2n) is 4.99. The van der Waals surface area contributed by atoms with Gasteiger partial charge in [0.15, 0.2) is 11.5 Å². The van der Waals surface area contributed by atoms with Crippen molar-refractivity contribution in [1.82, 2.24) is 0 Å². The maximum Gasteiger partial charge on any atom is 0.233 e. The van der Waals surface area contributed by atoms with Crippen LogP contribution in [0.4, 0.5) is 10.1 Å². The molecule has 0 heterocycles. The Morgan fingerprint density at radius 1 is 1.08 bits per heavy atom. The number of aryl methyl sites for hydroxylation is 1. The van der Waals surface area contributed by atoms with Crippen molar-refractivity contribution in [2.75, 3.05) is 24.7 Å². The molecule has 0 spiro atoms. The monoisotopic (exact) mass is 373 g/mol. The van der Waals surface area contributed by atoms with Crippen molar-refractivity contribution in [2.45, 2.75) is 6.42 Å². The van der Waals surface area contributed by atoms with Crippen molar-refractivity contribution < 1.29 is 22.3 Å². The van der Waals surface area contributed by atoms with Crippen molar-refractivity contribution in [3.8, 4) is 11.5 Å². The lowest BCUT2D eigenvalue weighted by molar-refractivity contribution is 0.354. The molecule has 8 heteroatoms. The second-order valence-corrected chi connectivity index (χ2v) is 7.24.